The van der Waals surface area contributed by atoms with Gasteiger partial charge in [0.15, 0.2) is 0 Å². The van der Waals surface area contributed by atoms with E-state index in [2.05, 4.69) is 9.44 Å². The minimum Gasteiger partial charge on any atom is -0.396 e. The van der Waals surface area contributed by atoms with Gasteiger partial charge in [-0.25, -0.2) is 0 Å². The van der Waals surface area contributed by atoms with Crippen molar-refractivity contribution in [1.82, 2.24) is 9.44 Å². The highest BCUT2D eigenvalue weighted by Crippen LogP contribution is 1.97. The van der Waals surface area contributed by atoms with Gasteiger partial charge in [-0.1, -0.05) is 0 Å². The van der Waals surface area contributed by atoms with Crippen LogP contribution in [-0.4, -0.2) is 32.2 Å². The third-order valence-corrected chi connectivity index (χ3v) is 3.04. The highest BCUT2D eigenvalue weighted by Gasteiger charge is 2.14. The van der Waals surface area contributed by atoms with E-state index in [0.29, 0.717) is 12.8 Å². The standard InChI is InChI=1S/C8H20N2O3S/c1-7(2)9-14(12,13)10-8(3)5-4-6-11/h7-11H,4-6H2,1-3H3. The van der Waals surface area contributed by atoms with Crippen molar-refractivity contribution < 1.29 is 13.5 Å². The molecule has 14 heavy (non-hydrogen) atoms. The molecule has 0 aromatic heterocycles. The van der Waals surface area contributed by atoms with Crippen molar-refractivity contribution in [3.05, 3.63) is 0 Å². The van der Waals surface area contributed by atoms with Gasteiger partial charge in [0, 0.05) is 18.7 Å². The van der Waals surface area contributed by atoms with Gasteiger partial charge in [0.2, 0.25) is 0 Å². The van der Waals surface area contributed by atoms with Crippen molar-refractivity contribution in [1.29, 1.82) is 0 Å². The Bertz CT molecular complexity index is 239. The number of aliphatic hydroxyl groups excluding tert-OH is 1. The molecule has 1 atom stereocenters. The van der Waals surface area contributed by atoms with Crippen molar-refractivity contribution >= 4 is 10.2 Å². The molecular weight excluding hydrogens is 204 g/mol. The fraction of sp³-hybridized carbons (Fsp3) is 1.00. The maximum atomic E-state index is 11.3. The van der Waals surface area contributed by atoms with Gasteiger partial charge in [-0.3, -0.25) is 0 Å². The lowest BCUT2D eigenvalue weighted by molar-refractivity contribution is 0.279. The smallest absolute Gasteiger partial charge is 0.277 e. The quantitative estimate of drug-likeness (QED) is 0.568. The summed E-state index contributed by atoms with van der Waals surface area (Å²) in [6.45, 7) is 5.38. The molecule has 0 radical (unpaired) electrons. The summed E-state index contributed by atoms with van der Waals surface area (Å²) in [5.74, 6) is 0. The van der Waals surface area contributed by atoms with Crippen LogP contribution in [0.25, 0.3) is 0 Å². The Labute approximate surface area is 86.1 Å². The number of rotatable bonds is 7. The number of nitrogens with one attached hydrogen (secondary N) is 2. The lowest BCUT2D eigenvalue weighted by Gasteiger charge is -2.15. The molecule has 0 saturated heterocycles. The molecule has 0 amide bonds. The van der Waals surface area contributed by atoms with Crippen LogP contribution in [-0.2, 0) is 10.2 Å². The van der Waals surface area contributed by atoms with Gasteiger partial charge in [0.1, 0.15) is 0 Å². The molecule has 0 fully saturated rings. The summed E-state index contributed by atoms with van der Waals surface area (Å²) in [4.78, 5) is 0. The SMILES string of the molecule is CC(C)NS(=O)(=O)NC(C)CCCO. The molecule has 86 valence electrons. The zero-order valence-electron chi connectivity index (χ0n) is 8.95. The second kappa shape index (κ2) is 6.34. The fourth-order valence-corrected chi connectivity index (χ4v) is 2.40. The van der Waals surface area contributed by atoms with Crippen LogP contribution in [0, 0.1) is 0 Å². The van der Waals surface area contributed by atoms with Crippen molar-refractivity contribution in [2.75, 3.05) is 6.61 Å². The van der Waals surface area contributed by atoms with Gasteiger partial charge in [-0.05, 0) is 33.6 Å². The first-order chi connectivity index (χ1) is 6.37. The molecule has 1 unspecified atom stereocenters. The highest BCUT2D eigenvalue weighted by atomic mass is 32.2. The van der Waals surface area contributed by atoms with Crippen LogP contribution in [0.5, 0.6) is 0 Å². The van der Waals surface area contributed by atoms with Crippen molar-refractivity contribution in [2.24, 2.45) is 0 Å². The van der Waals surface area contributed by atoms with Crippen LogP contribution >= 0.6 is 0 Å². The van der Waals surface area contributed by atoms with E-state index in [0.717, 1.165) is 0 Å². The lowest BCUT2D eigenvalue weighted by atomic mass is 10.2. The molecule has 0 bridgehead atoms. The van der Waals surface area contributed by atoms with Crippen LogP contribution in [0.15, 0.2) is 0 Å². The van der Waals surface area contributed by atoms with Crippen LogP contribution in [0.4, 0.5) is 0 Å². The van der Waals surface area contributed by atoms with Crippen LogP contribution < -0.4 is 9.44 Å². The van der Waals surface area contributed by atoms with E-state index in [1.165, 1.54) is 0 Å². The average molecular weight is 224 g/mol. The molecule has 3 N–H and O–H groups in total. The van der Waals surface area contributed by atoms with E-state index in [-0.39, 0.29) is 18.7 Å². The lowest BCUT2D eigenvalue weighted by Crippen LogP contribution is -2.44. The maximum Gasteiger partial charge on any atom is 0.277 e. The molecule has 0 aliphatic carbocycles. The molecule has 0 aliphatic heterocycles. The molecule has 0 saturated carbocycles. The Morgan fingerprint density at radius 3 is 2.21 bits per heavy atom. The average Bonchev–Trinajstić information content (AvgIpc) is 1.96. The molecule has 6 heteroatoms. The third-order valence-electron chi connectivity index (χ3n) is 1.54. The minimum absolute atomic E-state index is 0.0870. The summed E-state index contributed by atoms with van der Waals surface area (Å²) in [6, 6.07) is -0.268. The molecule has 5 nitrogen and oxygen atoms in total. The zero-order chi connectivity index (χ0) is 11.2. The van der Waals surface area contributed by atoms with Crippen LogP contribution in [0.2, 0.25) is 0 Å². The first-order valence-corrected chi connectivity index (χ1v) is 6.26. The summed E-state index contributed by atoms with van der Waals surface area (Å²) in [6.07, 6.45) is 1.24. The Morgan fingerprint density at radius 2 is 1.79 bits per heavy atom. The highest BCUT2D eigenvalue weighted by molar-refractivity contribution is 7.87. The van der Waals surface area contributed by atoms with E-state index >= 15 is 0 Å². The predicted molar refractivity (Wildman–Crippen MR) is 56.1 cm³/mol. The molecule has 0 aromatic carbocycles. The number of hydrogen-bond donors (Lipinski definition) is 3. The van der Waals surface area contributed by atoms with E-state index in [9.17, 15) is 8.42 Å². The largest absolute Gasteiger partial charge is 0.396 e. The second-order valence-electron chi connectivity index (χ2n) is 3.66. The summed E-state index contributed by atoms with van der Waals surface area (Å²) in [5.41, 5.74) is 0. The van der Waals surface area contributed by atoms with Crippen molar-refractivity contribution in [3.63, 3.8) is 0 Å². The van der Waals surface area contributed by atoms with Crippen molar-refractivity contribution in [2.45, 2.75) is 45.7 Å². The first kappa shape index (κ1) is 13.8. The van der Waals surface area contributed by atoms with Crippen molar-refractivity contribution in [3.8, 4) is 0 Å². The minimum atomic E-state index is -3.39. The normalized spacial score (nSPS) is 14.6. The summed E-state index contributed by atoms with van der Waals surface area (Å²) < 4.78 is 27.6. The Kier molecular flexibility index (Phi) is 6.26. The summed E-state index contributed by atoms with van der Waals surface area (Å²) in [7, 11) is -3.39. The molecule has 0 aromatic rings. The summed E-state index contributed by atoms with van der Waals surface area (Å²) in [5, 5.41) is 8.57. The van der Waals surface area contributed by atoms with E-state index < -0.39 is 10.2 Å². The van der Waals surface area contributed by atoms with Gasteiger partial charge >= 0.3 is 0 Å². The van der Waals surface area contributed by atoms with E-state index in [1.807, 2.05) is 0 Å². The zero-order valence-corrected chi connectivity index (χ0v) is 9.76. The number of aliphatic hydroxyl groups is 1. The van der Waals surface area contributed by atoms with E-state index in [4.69, 9.17) is 5.11 Å². The van der Waals surface area contributed by atoms with Gasteiger partial charge in [0.05, 0.1) is 0 Å². The Balaban J connectivity index is 3.96. The van der Waals surface area contributed by atoms with Gasteiger partial charge in [0.25, 0.3) is 10.2 Å². The molecule has 0 heterocycles. The number of hydrogen-bond acceptors (Lipinski definition) is 3. The third kappa shape index (κ3) is 7.25. The second-order valence-corrected chi connectivity index (χ2v) is 5.14. The van der Waals surface area contributed by atoms with Gasteiger partial charge in [-0.15, -0.1) is 0 Å². The monoisotopic (exact) mass is 224 g/mol. The molecular formula is C8H20N2O3S. The predicted octanol–water partition coefficient (Wildman–Crippen LogP) is -0.0202. The Hall–Kier alpha value is -0.170. The molecule has 0 rings (SSSR count). The maximum absolute atomic E-state index is 11.3. The van der Waals surface area contributed by atoms with E-state index in [1.54, 1.807) is 20.8 Å². The summed E-state index contributed by atoms with van der Waals surface area (Å²) >= 11 is 0. The first-order valence-electron chi connectivity index (χ1n) is 4.78. The topological polar surface area (TPSA) is 78.4 Å². The van der Waals surface area contributed by atoms with Gasteiger partial charge < -0.3 is 5.11 Å². The Morgan fingerprint density at radius 1 is 1.21 bits per heavy atom. The molecule has 0 aliphatic rings. The van der Waals surface area contributed by atoms with Crippen LogP contribution in [0.1, 0.15) is 33.6 Å². The molecule has 0 spiro atoms. The van der Waals surface area contributed by atoms with Gasteiger partial charge in [-0.2, -0.15) is 17.9 Å². The fourth-order valence-electron chi connectivity index (χ4n) is 1.07. The van der Waals surface area contributed by atoms with Crippen LogP contribution in [0.3, 0.4) is 0 Å².